The molecule has 0 bridgehead atoms. The molecular weight excluding hydrogens is 187 g/mol. The van der Waals surface area contributed by atoms with E-state index in [-0.39, 0.29) is 5.82 Å². The van der Waals surface area contributed by atoms with E-state index in [4.69, 9.17) is 4.74 Å². The van der Waals surface area contributed by atoms with Crippen LogP contribution < -0.4 is 4.74 Å². The monoisotopic (exact) mass is 196 g/mol. The zero-order chi connectivity index (χ0) is 9.42. The van der Waals surface area contributed by atoms with Crippen LogP contribution in [0, 0.1) is 12.7 Å². The summed E-state index contributed by atoms with van der Waals surface area (Å²) in [7, 11) is 1.59. The van der Waals surface area contributed by atoms with Crippen molar-refractivity contribution in [1.29, 1.82) is 0 Å². The molecule has 0 N–H and O–H groups in total. The molecule has 1 aromatic carbocycles. The zero-order valence-corrected chi connectivity index (χ0v) is 8.24. The molecule has 0 aliphatic carbocycles. The van der Waals surface area contributed by atoms with Crippen LogP contribution >= 0.6 is 11.3 Å². The van der Waals surface area contributed by atoms with Gasteiger partial charge in [-0.3, -0.25) is 0 Å². The van der Waals surface area contributed by atoms with Crippen LogP contribution in [0.15, 0.2) is 17.5 Å². The van der Waals surface area contributed by atoms with E-state index < -0.39 is 0 Å². The van der Waals surface area contributed by atoms with Gasteiger partial charge in [0.2, 0.25) is 0 Å². The molecule has 0 saturated carbocycles. The van der Waals surface area contributed by atoms with Crippen LogP contribution in [0.2, 0.25) is 0 Å². The van der Waals surface area contributed by atoms with Crippen LogP contribution in [0.3, 0.4) is 0 Å². The first-order chi connectivity index (χ1) is 6.22. The molecule has 2 aromatic rings. The number of benzene rings is 1. The summed E-state index contributed by atoms with van der Waals surface area (Å²) in [6, 6.07) is 3.65. The van der Waals surface area contributed by atoms with Gasteiger partial charge < -0.3 is 4.74 Å². The molecule has 0 spiro atoms. The van der Waals surface area contributed by atoms with Gasteiger partial charge in [0.15, 0.2) is 0 Å². The fourth-order valence-electron chi connectivity index (χ4n) is 1.37. The summed E-state index contributed by atoms with van der Waals surface area (Å²) < 4.78 is 19.3. The summed E-state index contributed by atoms with van der Waals surface area (Å²) in [5, 5.41) is 2.18. The lowest BCUT2D eigenvalue weighted by Gasteiger charge is -2.01. The van der Waals surface area contributed by atoms with Gasteiger partial charge in [0.25, 0.3) is 0 Å². The first-order valence-electron chi connectivity index (χ1n) is 3.93. The molecule has 1 aromatic heterocycles. The van der Waals surface area contributed by atoms with Crippen molar-refractivity contribution in [1.82, 2.24) is 0 Å². The molecule has 0 fully saturated rings. The summed E-state index contributed by atoms with van der Waals surface area (Å²) in [5.74, 6) is 0.546. The molecule has 3 heteroatoms. The Morgan fingerprint density at radius 1 is 1.38 bits per heavy atom. The minimum absolute atomic E-state index is 0.165. The Hall–Kier alpha value is -1.09. The second kappa shape index (κ2) is 3.00. The van der Waals surface area contributed by atoms with Gasteiger partial charge in [-0.1, -0.05) is 0 Å². The highest BCUT2D eigenvalue weighted by Gasteiger charge is 2.07. The number of rotatable bonds is 1. The predicted molar refractivity (Wildman–Crippen MR) is 53.1 cm³/mol. The zero-order valence-electron chi connectivity index (χ0n) is 7.43. The van der Waals surface area contributed by atoms with Crippen LogP contribution in [0.25, 0.3) is 10.1 Å². The lowest BCUT2D eigenvalue weighted by atomic mass is 10.2. The van der Waals surface area contributed by atoms with Crippen LogP contribution in [0.5, 0.6) is 5.75 Å². The van der Waals surface area contributed by atoms with E-state index in [1.807, 2.05) is 13.0 Å². The van der Waals surface area contributed by atoms with E-state index in [2.05, 4.69) is 0 Å². The topological polar surface area (TPSA) is 9.23 Å². The van der Waals surface area contributed by atoms with Gasteiger partial charge in [0.1, 0.15) is 11.6 Å². The van der Waals surface area contributed by atoms with Crippen molar-refractivity contribution in [2.45, 2.75) is 6.92 Å². The van der Waals surface area contributed by atoms with E-state index in [0.29, 0.717) is 11.1 Å². The van der Waals surface area contributed by atoms with Crippen molar-refractivity contribution in [3.63, 3.8) is 0 Å². The quantitative estimate of drug-likeness (QED) is 0.679. The van der Waals surface area contributed by atoms with Crippen molar-refractivity contribution in [3.8, 4) is 5.75 Å². The Bertz CT molecular complexity index is 447. The van der Waals surface area contributed by atoms with E-state index in [1.54, 1.807) is 13.2 Å². The molecule has 0 unspecified atom stereocenters. The fourth-order valence-corrected chi connectivity index (χ4v) is 2.24. The van der Waals surface area contributed by atoms with Gasteiger partial charge in [-0.2, -0.15) is 0 Å². The summed E-state index contributed by atoms with van der Waals surface area (Å²) >= 11 is 1.43. The van der Waals surface area contributed by atoms with Gasteiger partial charge in [-0.25, -0.2) is 4.39 Å². The van der Waals surface area contributed by atoms with Gasteiger partial charge in [-0.05, 0) is 24.6 Å². The third kappa shape index (κ3) is 1.29. The maximum absolute atomic E-state index is 13.2. The summed E-state index contributed by atoms with van der Waals surface area (Å²) in [5.41, 5.74) is 1.06. The van der Waals surface area contributed by atoms with Crippen molar-refractivity contribution in [3.05, 3.63) is 28.9 Å². The van der Waals surface area contributed by atoms with Crippen LogP contribution in [0.4, 0.5) is 4.39 Å². The highest BCUT2D eigenvalue weighted by atomic mass is 32.1. The summed E-state index contributed by atoms with van der Waals surface area (Å²) in [4.78, 5) is 0. The van der Waals surface area contributed by atoms with E-state index in [0.717, 1.165) is 10.3 Å². The molecule has 13 heavy (non-hydrogen) atoms. The maximum Gasteiger partial charge on any atom is 0.141 e. The minimum Gasteiger partial charge on any atom is -0.497 e. The maximum atomic E-state index is 13.2. The number of halogens is 1. The molecule has 0 amide bonds. The lowest BCUT2D eigenvalue weighted by Crippen LogP contribution is -1.84. The molecule has 1 nitrogen and oxygen atoms in total. The van der Waals surface area contributed by atoms with E-state index >= 15 is 0 Å². The first-order valence-corrected chi connectivity index (χ1v) is 4.81. The highest BCUT2D eigenvalue weighted by Crippen LogP contribution is 2.31. The molecule has 0 aliphatic rings. The second-order valence-corrected chi connectivity index (χ2v) is 3.78. The molecule has 0 saturated heterocycles. The van der Waals surface area contributed by atoms with Crippen molar-refractivity contribution in [2.75, 3.05) is 7.11 Å². The van der Waals surface area contributed by atoms with Crippen LogP contribution in [-0.2, 0) is 0 Å². The Morgan fingerprint density at radius 3 is 2.85 bits per heavy atom. The summed E-state index contributed by atoms with van der Waals surface area (Å²) in [6.07, 6.45) is 0. The third-order valence-corrected chi connectivity index (χ3v) is 3.12. The number of methoxy groups -OCH3 is 1. The number of fused-ring (bicyclic) bond motifs is 1. The van der Waals surface area contributed by atoms with Gasteiger partial charge in [0, 0.05) is 15.5 Å². The number of hydrogen-bond donors (Lipinski definition) is 0. The van der Waals surface area contributed by atoms with Gasteiger partial charge >= 0.3 is 0 Å². The smallest absolute Gasteiger partial charge is 0.141 e. The number of aryl methyl sites for hydroxylation is 1. The third-order valence-electron chi connectivity index (χ3n) is 2.02. The predicted octanol–water partition coefficient (Wildman–Crippen LogP) is 3.36. The van der Waals surface area contributed by atoms with Crippen LogP contribution in [0.1, 0.15) is 5.56 Å². The molecular formula is C10H9FOS. The van der Waals surface area contributed by atoms with Gasteiger partial charge in [-0.15, -0.1) is 11.3 Å². The average Bonchev–Trinajstić information content (AvgIpc) is 2.48. The first kappa shape index (κ1) is 8.51. The largest absolute Gasteiger partial charge is 0.497 e. The van der Waals surface area contributed by atoms with Crippen molar-refractivity contribution >= 4 is 21.4 Å². The average molecular weight is 196 g/mol. The Kier molecular flexibility index (Phi) is 1.96. The lowest BCUT2D eigenvalue weighted by molar-refractivity contribution is 0.415. The highest BCUT2D eigenvalue weighted by molar-refractivity contribution is 7.17. The molecule has 0 aliphatic heterocycles. The Balaban J connectivity index is 2.80. The number of thiophene rings is 1. The molecule has 0 atom stereocenters. The molecule has 1 heterocycles. The van der Waals surface area contributed by atoms with E-state index in [9.17, 15) is 4.39 Å². The minimum atomic E-state index is -0.165. The number of ether oxygens (including phenoxy) is 1. The van der Waals surface area contributed by atoms with E-state index in [1.165, 1.54) is 16.7 Å². The Labute approximate surface area is 79.8 Å². The fraction of sp³-hybridized carbons (Fsp3) is 0.200. The molecule has 0 radical (unpaired) electrons. The standard InChI is InChI=1S/C10H9FOS/c1-6-3-7(12-2)4-8-9(11)5-13-10(6)8/h3-5H,1-2H3. The SMILES string of the molecule is COc1cc(C)c2scc(F)c2c1. The second-order valence-electron chi connectivity index (χ2n) is 2.90. The normalized spacial score (nSPS) is 10.7. The van der Waals surface area contributed by atoms with Crippen molar-refractivity contribution < 1.29 is 9.13 Å². The molecule has 68 valence electrons. The number of hydrogen-bond acceptors (Lipinski definition) is 2. The molecule has 2 rings (SSSR count). The van der Waals surface area contributed by atoms with Crippen LogP contribution in [-0.4, -0.2) is 7.11 Å². The summed E-state index contributed by atoms with van der Waals surface area (Å²) in [6.45, 7) is 1.96. The van der Waals surface area contributed by atoms with Crippen molar-refractivity contribution in [2.24, 2.45) is 0 Å². The van der Waals surface area contributed by atoms with Gasteiger partial charge in [0.05, 0.1) is 7.11 Å². The Morgan fingerprint density at radius 2 is 2.15 bits per heavy atom.